The largest absolute Gasteiger partial charge is 0.575 e. The number of carbonyl (C=O) groups is 2. The van der Waals surface area contributed by atoms with Crippen LogP contribution in [0.15, 0.2) is 78.9 Å². The van der Waals surface area contributed by atoms with Crippen molar-refractivity contribution < 1.29 is 45.8 Å². The van der Waals surface area contributed by atoms with Gasteiger partial charge >= 0.3 is 24.5 Å². The Hall–Kier alpha value is -3.82. The van der Waals surface area contributed by atoms with Crippen LogP contribution in [0, 0.1) is 0 Å². The zero-order valence-corrected chi connectivity index (χ0v) is 15.9. The van der Waals surface area contributed by atoms with Gasteiger partial charge < -0.3 is 9.84 Å². The molecule has 32 heavy (non-hydrogen) atoms. The van der Waals surface area contributed by atoms with E-state index >= 15 is 0 Å². The Morgan fingerprint density at radius 2 is 1.28 bits per heavy atom. The van der Waals surface area contributed by atoms with Gasteiger partial charge in [-0.25, -0.2) is 9.59 Å². The van der Waals surface area contributed by atoms with Gasteiger partial charge in [0.15, 0.2) is 0 Å². The van der Waals surface area contributed by atoms with Crippen molar-refractivity contribution in [3.8, 4) is 11.1 Å². The Labute approximate surface area is 177 Å². The molecule has 168 valence electrons. The van der Waals surface area contributed by atoms with Gasteiger partial charge in [0, 0.05) is 0 Å². The number of alkyl halides is 6. The Morgan fingerprint density at radius 3 is 1.75 bits per heavy atom. The van der Waals surface area contributed by atoms with Crippen LogP contribution in [0.2, 0.25) is 0 Å². The fraction of sp³-hybridized carbons (Fsp3) is 0.0909. The Morgan fingerprint density at radius 1 is 0.750 bits per heavy atom. The van der Waals surface area contributed by atoms with Crippen molar-refractivity contribution in [3.05, 3.63) is 95.6 Å². The third-order valence-corrected chi connectivity index (χ3v) is 3.88. The van der Waals surface area contributed by atoms with Gasteiger partial charge in [-0.05, 0) is 35.4 Å². The van der Waals surface area contributed by atoms with E-state index in [2.05, 4.69) is 4.74 Å². The zero-order chi connectivity index (χ0) is 23.9. The predicted molar refractivity (Wildman–Crippen MR) is 102 cm³/mol. The van der Waals surface area contributed by atoms with E-state index in [9.17, 15) is 35.9 Å². The molecule has 0 bridgehead atoms. The lowest BCUT2D eigenvalue weighted by Gasteiger charge is -2.11. The summed E-state index contributed by atoms with van der Waals surface area (Å²) in [5.41, 5.74) is -0.625. The number of carbonyl (C=O) groups excluding carboxylic acids is 1. The molecule has 0 aromatic heterocycles. The highest BCUT2D eigenvalue weighted by molar-refractivity contribution is 5.96. The fourth-order valence-corrected chi connectivity index (χ4v) is 2.51. The smallest absolute Gasteiger partial charge is 0.478 e. The summed E-state index contributed by atoms with van der Waals surface area (Å²) in [5.74, 6) is -2.78. The summed E-state index contributed by atoms with van der Waals surface area (Å²) < 4.78 is 75.5. The van der Waals surface area contributed by atoms with Crippen molar-refractivity contribution in [2.45, 2.75) is 12.5 Å². The summed E-state index contributed by atoms with van der Waals surface area (Å²) in [7, 11) is 0. The number of esters is 1. The summed E-state index contributed by atoms with van der Waals surface area (Å²) in [6, 6.07) is 18.1. The lowest BCUT2D eigenvalue weighted by Crippen LogP contribution is -2.19. The number of ether oxygens (including phenoxy) is 1. The third-order valence-electron chi connectivity index (χ3n) is 3.88. The minimum absolute atomic E-state index is 0.125. The lowest BCUT2D eigenvalue weighted by atomic mass is 9.97. The van der Waals surface area contributed by atoms with Gasteiger partial charge in [-0.2, -0.15) is 13.2 Å². The number of aromatic carboxylic acids is 1. The van der Waals surface area contributed by atoms with Crippen molar-refractivity contribution in [3.63, 3.8) is 0 Å². The van der Waals surface area contributed by atoms with E-state index in [4.69, 9.17) is 5.11 Å². The first kappa shape index (κ1) is 24.4. The molecule has 0 fully saturated rings. The maximum absolute atomic E-state index is 12.6. The molecule has 0 unspecified atom stereocenters. The summed E-state index contributed by atoms with van der Waals surface area (Å²) in [4.78, 5) is 21.8. The molecule has 10 heteroatoms. The van der Waals surface area contributed by atoms with Gasteiger partial charge in [-0.3, -0.25) is 0 Å². The summed E-state index contributed by atoms with van der Waals surface area (Å²) in [6.45, 7) is 0. The number of hydrogen-bond acceptors (Lipinski definition) is 3. The van der Waals surface area contributed by atoms with Crippen LogP contribution in [-0.4, -0.2) is 23.4 Å². The number of carboxylic acid groups (broad SMARTS) is 1. The number of rotatable bonds is 3. The molecular formula is C22H14F6O4. The molecule has 3 aromatic carbocycles. The topological polar surface area (TPSA) is 63.6 Å². The van der Waals surface area contributed by atoms with E-state index in [0.717, 1.165) is 6.07 Å². The quantitative estimate of drug-likeness (QED) is 0.364. The van der Waals surface area contributed by atoms with Crippen molar-refractivity contribution >= 4 is 11.9 Å². The van der Waals surface area contributed by atoms with E-state index in [1.165, 1.54) is 30.3 Å². The van der Waals surface area contributed by atoms with Crippen LogP contribution < -0.4 is 0 Å². The first-order valence-corrected chi connectivity index (χ1v) is 8.73. The van der Waals surface area contributed by atoms with E-state index in [0.29, 0.717) is 11.6 Å². The minimum Gasteiger partial charge on any atom is -0.478 e. The second kappa shape index (κ2) is 9.99. The molecule has 0 amide bonds. The number of benzene rings is 3. The lowest BCUT2D eigenvalue weighted by molar-refractivity contribution is -0.291. The van der Waals surface area contributed by atoms with E-state index in [-0.39, 0.29) is 16.7 Å². The molecule has 0 spiro atoms. The molecule has 0 aliphatic rings. The van der Waals surface area contributed by atoms with E-state index < -0.39 is 30.0 Å². The first-order chi connectivity index (χ1) is 14.9. The van der Waals surface area contributed by atoms with Crippen molar-refractivity contribution in [2.75, 3.05) is 0 Å². The average Bonchev–Trinajstić information content (AvgIpc) is 2.73. The predicted octanol–water partition coefficient (Wildman–Crippen LogP) is 6.43. The van der Waals surface area contributed by atoms with Gasteiger partial charge in [-0.15, -0.1) is 13.2 Å². The van der Waals surface area contributed by atoms with Crippen LogP contribution in [0.4, 0.5) is 26.3 Å². The molecule has 0 saturated heterocycles. The van der Waals surface area contributed by atoms with Crippen LogP contribution in [0.3, 0.4) is 0 Å². The van der Waals surface area contributed by atoms with Gasteiger partial charge in [0.25, 0.3) is 0 Å². The summed E-state index contributed by atoms with van der Waals surface area (Å²) in [5, 5.41) is 9.05. The van der Waals surface area contributed by atoms with Gasteiger partial charge in [0.05, 0.1) is 16.7 Å². The normalized spacial score (nSPS) is 11.2. The van der Waals surface area contributed by atoms with Crippen LogP contribution >= 0.6 is 0 Å². The summed E-state index contributed by atoms with van der Waals surface area (Å²) >= 11 is 0. The van der Waals surface area contributed by atoms with Crippen LogP contribution in [0.25, 0.3) is 11.1 Å². The highest BCUT2D eigenvalue weighted by atomic mass is 19.4. The zero-order valence-electron chi connectivity index (χ0n) is 15.9. The van der Waals surface area contributed by atoms with Gasteiger partial charge in [-0.1, -0.05) is 54.6 Å². The Balaban J connectivity index is 0.000000244. The van der Waals surface area contributed by atoms with Crippen molar-refractivity contribution in [1.29, 1.82) is 0 Å². The number of carboxylic acids is 1. The number of hydrogen-bond donors (Lipinski definition) is 1. The third kappa shape index (κ3) is 7.15. The van der Waals surface area contributed by atoms with Gasteiger partial charge in [0.1, 0.15) is 0 Å². The van der Waals surface area contributed by atoms with E-state index in [1.807, 2.05) is 0 Å². The molecule has 1 N–H and O–H groups in total. The van der Waals surface area contributed by atoms with Crippen LogP contribution in [0.5, 0.6) is 0 Å². The Bertz CT molecular complexity index is 1060. The molecule has 3 aromatic rings. The Kier molecular flexibility index (Phi) is 7.63. The molecule has 4 nitrogen and oxygen atoms in total. The molecule has 0 atom stereocenters. The molecular weight excluding hydrogens is 442 g/mol. The molecule has 0 heterocycles. The second-order valence-corrected chi connectivity index (χ2v) is 6.13. The fourth-order valence-electron chi connectivity index (χ4n) is 2.51. The monoisotopic (exact) mass is 456 g/mol. The van der Waals surface area contributed by atoms with E-state index in [1.54, 1.807) is 36.4 Å². The molecule has 0 radical (unpaired) electrons. The number of halogens is 6. The highest BCUT2D eigenvalue weighted by Gasteiger charge is 2.34. The van der Waals surface area contributed by atoms with Gasteiger partial charge in [0.2, 0.25) is 0 Å². The molecule has 0 aliphatic carbocycles. The average molecular weight is 456 g/mol. The summed E-state index contributed by atoms with van der Waals surface area (Å²) in [6.07, 6.45) is -9.48. The maximum Gasteiger partial charge on any atom is 0.575 e. The molecule has 0 saturated carbocycles. The minimum atomic E-state index is -4.92. The van der Waals surface area contributed by atoms with Crippen LogP contribution in [-0.2, 0) is 10.9 Å². The van der Waals surface area contributed by atoms with Crippen molar-refractivity contribution in [2.24, 2.45) is 0 Å². The first-order valence-electron chi connectivity index (χ1n) is 8.73. The second-order valence-electron chi connectivity index (χ2n) is 6.13. The SMILES string of the molecule is O=C(O)c1cc(C(F)(F)F)ccc1-c1ccccc1.O=C(OC(F)(F)F)c1ccccc1. The molecule has 3 rings (SSSR count). The maximum atomic E-state index is 12.6. The molecule has 0 aliphatic heterocycles. The van der Waals surface area contributed by atoms with Crippen molar-refractivity contribution in [1.82, 2.24) is 0 Å². The standard InChI is InChI=1S/C14H9F3O2.C8H5F3O2/c15-14(16,17)10-6-7-11(12(8-10)13(18)19)9-4-2-1-3-5-9;9-8(10,11)13-7(12)6-4-2-1-3-5-6/h1-8H,(H,18,19);1-5H. The van der Waals surface area contributed by atoms with Crippen LogP contribution in [0.1, 0.15) is 26.3 Å². The highest BCUT2D eigenvalue weighted by Crippen LogP contribution is 2.33.